The Morgan fingerprint density at radius 3 is 1.85 bits per heavy atom. The Kier molecular flexibility index (Phi) is 6.64. The largest absolute Gasteiger partial charge is 0.297 e. The van der Waals surface area contributed by atoms with Crippen LogP contribution in [0.5, 0.6) is 0 Å². The van der Waals surface area contributed by atoms with E-state index in [4.69, 9.17) is 16.6 Å². The second-order valence-electron chi connectivity index (χ2n) is 8.70. The van der Waals surface area contributed by atoms with Gasteiger partial charge in [-0.05, 0) is 23.8 Å². The topological polar surface area (TPSA) is 83.4 Å². The molecular formula is C31H21ClN6O. The number of amidine groups is 1. The fourth-order valence-electron chi connectivity index (χ4n) is 4.18. The van der Waals surface area contributed by atoms with E-state index in [1.54, 1.807) is 18.2 Å². The van der Waals surface area contributed by atoms with Gasteiger partial charge in [0.2, 0.25) is 0 Å². The number of benzene rings is 4. The number of carbonyl (C=O) groups excluding carboxylic acids is 1. The number of hydrogen-bond donors (Lipinski definition) is 1. The van der Waals surface area contributed by atoms with Gasteiger partial charge >= 0.3 is 0 Å². The lowest BCUT2D eigenvalue weighted by molar-refractivity contribution is -0.121. The van der Waals surface area contributed by atoms with Crippen LogP contribution >= 0.6 is 11.6 Å². The molecule has 4 aromatic carbocycles. The summed E-state index contributed by atoms with van der Waals surface area (Å²) in [6, 6.07) is 36.2. The first-order valence-electron chi connectivity index (χ1n) is 12.2. The fourth-order valence-corrected chi connectivity index (χ4v) is 4.31. The van der Waals surface area contributed by atoms with E-state index < -0.39 is 0 Å². The number of nitrogens with zero attached hydrogens (tertiary/aromatic N) is 5. The molecule has 5 aromatic rings. The Labute approximate surface area is 230 Å². The normalized spacial score (nSPS) is 14.0. The average Bonchev–Trinajstić information content (AvgIpc) is 3.30. The van der Waals surface area contributed by atoms with E-state index in [-0.39, 0.29) is 17.6 Å². The summed E-state index contributed by atoms with van der Waals surface area (Å²) in [5.41, 5.74) is 7.93. The third-order valence-electron chi connectivity index (χ3n) is 6.06. The first-order chi connectivity index (χ1) is 19.2. The van der Waals surface area contributed by atoms with Crippen molar-refractivity contribution in [2.45, 2.75) is 0 Å². The monoisotopic (exact) mass is 528 g/mol. The van der Waals surface area contributed by atoms with Crippen LogP contribution in [-0.4, -0.2) is 31.9 Å². The molecule has 7 nitrogen and oxygen atoms in total. The Morgan fingerprint density at radius 1 is 0.667 bits per heavy atom. The maximum absolute atomic E-state index is 13.6. The second kappa shape index (κ2) is 10.7. The molecular weight excluding hydrogens is 508 g/mol. The first-order valence-corrected chi connectivity index (χ1v) is 12.6. The van der Waals surface area contributed by atoms with Crippen molar-refractivity contribution < 1.29 is 4.79 Å². The van der Waals surface area contributed by atoms with E-state index in [9.17, 15) is 4.79 Å². The molecule has 1 amide bonds. The second-order valence-corrected chi connectivity index (χ2v) is 9.14. The molecule has 0 atom stereocenters. The minimum atomic E-state index is -0.346. The molecule has 39 heavy (non-hydrogen) atoms. The van der Waals surface area contributed by atoms with Crippen molar-refractivity contribution in [2.75, 3.05) is 5.43 Å². The minimum absolute atomic E-state index is 0.165. The van der Waals surface area contributed by atoms with Gasteiger partial charge in [-0.2, -0.15) is 5.01 Å². The standard InChI is InChI=1S/C31H21ClN6O/c32-25-18-16-21(17-19-25)20-26-30(39)38(29(33-26)24-14-8-3-9-15-24)37-31-34-27(22-10-4-1-5-11-22)28(35-36-31)23-12-6-2-7-13-23/h1-20H,(H,34,36,37)/b26-20-. The molecule has 0 saturated carbocycles. The molecule has 0 spiro atoms. The zero-order chi connectivity index (χ0) is 26.6. The van der Waals surface area contributed by atoms with Crippen molar-refractivity contribution in [3.05, 3.63) is 137 Å². The molecule has 8 heteroatoms. The van der Waals surface area contributed by atoms with Crippen LogP contribution in [0.3, 0.4) is 0 Å². The van der Waals surface area contributed by atoms with Crippen LogP contribution in [-0.2, 0) is 4.79 Å². The maximum atomic E-state index is 13.6. The summed E-state index contributed by atoms with van der Waals surface area (Å²) in [4.78, 5) is 23.0. The van der Waals surface area contributed by atoms with Gasteiger partial charge < -0.3 is 0 Å². The molecule has 1 aromatic heterocycles. The molecule has 1 N–H and O–H groups in total. The molecule has 0 fully saturated rings. The van der Waals surface area contributed by atoms with Gasteiger partial charge in [0, 0.05) is 21.7 Å². The van der Waals surface area contributed by atoms with Crippen molar-refractivity contribution in [1.82, 2.24) is 20.2 Å². The van der Waals surface area contributed by atoms with Crippen molar-refractivity contribution in [2.24, 2.45) is 4.99 Å². The lowest BCUT2D eigenvalue weighted by atomic mass is 10.0. The third kappa shape index (κ3) is 5.16. The minimum Gasteiger partial charge on any atom is -0.265 e. The van der Waals surface area contributed by atoms with Gasteiger partial charge in [-0.15, -0.1) is 10.2 Å². The number of amides is 1. The van der Waals surface area contributed by atoms with Gasteiger partial charge in [0.25, 0.3) is 11.9 Å². The number of aromatic nitrogens is 3. The lowest BCUT2D eigenvalue weighted by Gasteiger charge is -2.19. The quantitative estimate of drug-likeness (QED) is 0.254. The van der Waals surface area contributed by atoms with Crippen molar-refractivity contribution in [3.63, 3.8) is 0 Å². The number of anilines is 1. The maximum Gasteiger partial charge on any atom is 0.297 e. The average molecular weight is 529 g/mol. The van der Waals surface area contributed by atoms with Crippen LogP contribution in [0.1, 0.15) is 11.1 Å². The summed E-state index contributed by atoms with van der Waals surface area (Å²) in [6.07, 6.45) is 1.72. The molecule has 0 radical (unpaired) electrons. The molecule has 1 aliphatic rings. The van der Waals surface area contributed by atoms with E-state index in [2.05, 4.69) is 20.6 Å². The highest BCUT2D eigenvalue weighted by Crippen LogP contribution is 2.29. The Balaban J connectivity index is 1.40. The third-order valence-corrected chi connectivity index (χ3v) is 6.31. The summed E-state index contributed by atoms with van der Waals surface area (Å²) in [5, 5.41) is 10.8. The van der Waals surface area contributed by atoms with E-state index in [0.717, 1.165) is 22.3 Å². The van der Waals surface area contributed by atoms with Crippen LogP contribution < -0.4 is 5.43 Å². The number of hydrazine groups is 1. The fraction of sp³-hybridized carbons (Fsp3) is 0. The summed E-state index contributed by atoms with van der Waals surface area (Å²) < 4.78 is 0. The predicted molar refractivity (Wildman–Crippen MR) is 154 cm³/mol. The molecule has 1 aliphatic heterocycles. The summed E-state index contributed by atoms with van der Waals surface area (Å²) in [5.74, 6) is 0.247. The SMILES string of the molecule is O=C1/C(=C/c2ccc(Cl)cc2)N=C(c2ccccc2)N1Nc1nnc(-c2ccccc2)c(-c2ccccc2)n1. The lowest BCUT2D eigenvalue weighted by Crippen LogP contribution is -2.38. The molecule has 0 bridgehead atoms. The summed E-state index contributed by atoms with van der Waals surface area (Å²) in [6.45, 7) is 0. The number of hydrogen-bond acceptors (Lipinski definition) is 6. The number of rotatable bonds is 6. The molecule has 188 valence electrons. The summed E-state index contributed by atoms with van der Waals surface area (Å²) in [7, 11) is 0. The number of nitrogens with one attached hydrogen (secondary N) is 1. The molecule has 0 saturated heterocycles. The van der Waals surface area contributed by atoms with E-state index in [1.165, 1.54) is 5.01 Å². The van der Waals surface area contributed by atoms with E-state index >= 15 is 0 Å². The van der Waals surface area contributed by atoms with Gasteiger partial charge in [0.05, 0.1) is 0 Å². The number of carbonyl (C=O) groups is 1. The van der Waals surface area contributed by atoms with Gasteiger partial charge in [-0.1, -0.05) is 115 Å². The van der Waals surface area contributed by atoms with Crippen LogP contribution in [0.25, 0.3) is 28.6 Å². The highest BCUT2D eigenvalue weighted by atomic mass is 35.5. The van der Waals surface area contributed by atoms with Crippen molar-refractivity contribution in [3.8, 4) is 22.5 Å². The Hall–Kier alpha value is -5.14. The summed E-state index contributed by atoms with van der Waals surface area (Å²) >= 11 is 6.03. The van der Waals surface area contributed by atoms with E-state index in [1.807, 2.05) is 103 Å². The smallest absolute Gasteiger partial charge is 0.265 e. The highest BCUT2D eigenvalue weighted by molar-refractivity contribution is 6.30. The first kappa shape index (κ1) is 24.2. The van der Waals surface area contributed by atoms with Gasteiger partial charge in [0.15, 0.2) is 5.84 Å². The van der Waals surface area contributed by atoms with Crippen LogP contribution in [0.15, 0.2) is 126 Å². The number of aliphatic imine (C=N–C) groups is 1. The van der Waals surface area contributed by atoms with Crippen molar-refractivity contribution in [1.29, 1.82) is 0 Å². The molecule has 0 aliphatic carbocycles. The zero-order valence-corrected chi connectivity index (χ0v) is 21.3. The molecule has 2 heterocycles. The van der Waals surface area contributed by atoms with Crippen molar-refractivity contribution >= 4 is 35.4 Å². The van der Waals surface area contributed by atoms with Crippen LogP contribution in [0.4, 0.5) is 5.95 Å². The molecule has 0 unspecified atom stereocenters. The highest BCUT2D eigenvalue weighted by Gasteiger charge is 2.32. The van der Waals surface area contributed by atoms with Gasteiger partial charge in [0.1, 0.15) is 17.1 Å². The Bertz CT molecular complexity index is 1690. The molecule has 6 rings (SSSR count). The van der Waals surface area contributed by atoms with E-state index in [0.29, 0.717) is 22.2 Å². The predicted octanol–water partition coefficient (Wildman–Crippen LogP) is 6.52. The van der Waals surface area contributed by atoms with Gasteiger partial charge in [-0.3, -0.25) is 10.2 Å². The number of halogens is 1. The van der Waals surface area contributed by atoms with Gasteiger partial charge in [-0.25, -0.2) is 9.98 Å². The zero-order valence-electron chi connectivity index (χ0n) is 20.6. The Morgan fingerprint density at radius 2 is 1.23 bits per heavy atom. The van der Waals surface area contributed by atoms with Crippen LogP contribution in [0, 0.1) is 0 Å². The van der Waals surface area contributed by atoms with Crippen LogP contribution in [0.2, 0.25) is 5.02 Å².